The van der Waals surface area contributed by atoms with Gasteiger partial charge in [-0.3, -0.25) is 9.89 Å². The molecule has 0 unspecified atom stereocenters. The van der Waals surface area contributed by atoms with Gasteiger partial charge in [0, 0.05) is 18.7 Å². The number of aromatic nitrogens is 4. The number of anilines is 1. The van der Waals surface area contributed by atoms with E-state index in [4.69, 9.17) is 5.73 Å². The SMILES string of the molecule is Nc1nc2c3c(n[nH]c3n1)C=C(CC(=O)NCCF)CS2. The first-order valence-corrected chi connectivity index (χ1v) is 7.32. The lowest BCUT2D eigenvalue weighted by atomic mass is 10.1. The molecule has 110 valence electrons. The van der Waals surface area contributed by atoms with E-state index in [1.165, 1.54) is 11.8 Å². The van der Waals surface area contributed by atoms with Gasteiger partial charge in [-0.25, -0.2) is 9.37 Å². The predicted molar refractivity (Wildman–Crippen MR) is 78.4 cm³/mol. The van der Waals surface area contributed by atoms with Crippen LogP contribution in [0, 0.1) is 0 Å². The molecule has 0 saturated heterocycles. The Morgan fingerprint density at radius 1 is 1.52 bits per heavy atom. The second-order valence-electron chi connectivity index (χ2n) is 4.53. The highest BCUT2D eigenvalue weighted by Crippen LogP contribution is 2.33. The highest BCUT2D eigenvalue weighted by Gasteiger charge is 2.19. The third-order valence-electron chi connectivity index (χ3n) is 2.97. The van der Waals surface area contributed by atoms with Crippen LogP contribution in [0.3, 0.4) is 0 Å². The zero-order valence-electron chi connectivity index (χ0n) is 11.0. The summed E-state index contributed by atoms with van der Waals surface area (Å²) in [4.78, 5) is 20.0. The van der Waals surface area contributed by atoms with E-state index in [0.29, 0.717) is 17.1 Å². The number of alkyl halides is 1. The van der Waals surface area contributed by atoms with Crippen molar-refractivity contribution in [1.29, 1.82) is 0 Å². The normalized spacial score (nSPS) is 13.9. The summed E-state index contributed by atoms with van der Waals surface area (Å²) in [5.74, 6) is 0.581. The fourth-order valence-corrected chi connectivity index (χ4v) is 3.11. The van der Waals surface area contributed by atoms with Gasteiger partial charge in [0.05, 0.1) is 11.1 Å². The van der Waals surface area contributed by atoms with Crippen molar-refractivity contribution in [2.75, 3.05) is 24.7 Å². The highest BCUT2D eigenvalue weighted by atomic mass is 32.2. The average Bonchev–Trinajstić information content (AvgIpc) is 2.76. The maximum absolute atomic E-state index is 12.0. The number of nitrogens with two attached hydrogens (primary N) is 1. The number of thioether (sulfide) groups is 1. The summed E-state index contributed by atoms with van der Waals surface area (Å²) in [6.07, 6.45) is 2.05. The van der Waals surface area contributed by atoms with Crippen molar-refractivity contribution < 1.29 is 9.18 Å². The molecule has 1 amide bonds. The minimum Gasteiger partial charge on any atom is -0.368 e. The number of nitrogens with zero attached hydrogens (tertiary/aromatic N) is 3. The van der Waals surface area contributed by atoms with Crippen LogP contribution in [0.15, 0.2) is 10.6 Å². The molecule has 0 bridgehead atoms. The topological polar surface area (TPSA) is 110 Å². The van der Waals surface area contributed by atoms with E-state index in [1.807, 2.05) is 6.08 Å². The Labute approximate surface area is 123 Å². The lowest BCUT2D eigenvalue weighted by molar-refractivity contribution is -0.120. The Hall–Kier alpha value is -2.16. The van der Waals surface area contributed by atoms with Crippen LogP contribution in [0.25, 0.3) is 17.1 Å². The van der Waals surface area contributed by atoms with E-state index < -0.39 is 6.67 Å². The quantitative estimate of drug-likeness (QED) is 0.724. The Bertz CT molecular complexity index is 728. The monoisotopic (exact) mass is 308 g/mol. The molecule has 3 heterocycles. The van der Waals surface area contributed by atoms with E-state index in [1.54, 1.807) is 0 Å². The molecule has 9 heteroatoms. The van der Waals surface area contributed by atoms with Crippen LogP contribution in [-0.2, 0) is 4.79 Å². The van der Waals surface area contributed by atoms with Crippen molar-refractivity contribution >= 4 is 40.7 Å². The number of rotatable bonds is 4. The zero-order chi connectivity index (χ0) is 14.8. The molecular formula is C12H13FN6OS. The van der Waals surface area contributed by atoms with Crippen LogP contribution in [-0.4, -0.2) is 45.0 Å². The second kappa shape index (κ2) is 5.68. The van der Waals surface area contributed by atoms with E-state index in [-0.39, 0.29) is 24.8 Å². The Morgan fingerprint density at radius 3 is 3.19 bits per heavy atom. The van der Waals surface area contributed by atoms with Gasteiger partial charge in [-0.1, -0.05) is 0 Å². The maximum Gasteiger partial charge on any atom is 0.224 e. The van der Waals surface area contributed by atoms with Gasteiger partial charge in [0.1, 0.15) is 11.7 Å². The molecule has 0 aliphatic carbocycles. The number of carbonyl (C=O) groups is 1. The van der Waals surface area contributed by atoms with Crippen LogP contribution in [0.4, 0.5) is 10.3 Å². The van der Waals surface area contributed by atoms with Crippen LogP contribution >= 0.6 is 11.8 Å². The molecular weight excluding hydrogens is 295 g/mol. The summed E-state index contributed by atoms with van der Waals surface area (Å²) in [6.45, 7) is -0.534. The van der Waals surface area contributed by atoms with Gasteiger partial charge < -0.3 is 11.1 Å². The van der Waals surface area contributed by atoms with Crippen LogP contribution in [0.5, 0.6) is 0 Å². The lowest BCUT2D eigenvalue weighted by Crippen LogP contribution is -2.25. The molecule has 1 aliphatic heterocycles. The molecule has 7 nitrogen and oxygen atoms in total. The zero-order valence-corrected chi connectivity index (χ0v) is 11.8. The number of hydrogen-bond acceptors (Lipinski definition) is 6. The number of nitrogens with one attached hydrogen (secondary N) is 2. The van der Waals surface area contributed by atoms with Gasteiger partial charge in [0.2, 0.25) is 11.9 Å². The van der Waals surface area contributed by atoms with E-state index in [9.17, 15) is 9.18 Å². The van der Waals surface area contributed by atoms with Crippen LogP contribution < -0.4 is 11.1 Å². The summed E-state index contributed by atoms with van der Waals surface area (Å²) in [7, 11) is 0. The van der Waals surface area contributed by atoms with Crippen molar-refractivity contribution in [3.05, 3.63) is 11.3 Å². The summed E-state index contributed by atoms with van der Waals surface area (Å²) in [5, 5.41) is 11.1. The molecule has 4 N–H and O–H groups in total. The van der Waals surface area contributed by atoms with Gasteiger partial charge >= 0.3 is 0 Å². The summed E-state index contributed by atoms with van der Waals surface area (Å²) < 4.78 is 12.0. The number of halogens is 1. The lowest BCUT2D eigenvalue weighted by Gasteiger charge is -2.06. The number of carbonyl (C=O) groups excluding carboxylic acids is 1. The van der Waals surface area contributed by atoms with Crippen molar-refractivity contribution in [3.63, 3.8) is 0 Å². The number of amides is 1. The number of nitrogen functional groups attached to an aromatic ring is 1. The molecule has 0 spiro atoms. The molecule has 0 saturated carbocycles. The van der Waals surface area contributed by atoms with Crippen molar-refractivity contribution in [2.45, 2.75) is 11.4 Å². The van der Waals surface area contributed by atoms with Gasteiger partial charge in [-0.15, -0.1) is 11.8 Å². The molecule has 0 fully saturated rings. The van der Waals surface area contributed by atoms with Crippen LogP contribution in [0.2, 0.25) is 0 Å². The molecule has 3 rings (SSSR count). The van der Waals surface area contributed by atoms with E-state index in [2.05, 4.69) is 25.5 Å². The van der Waals surface area contributed by atoms with Crippen LogP contribution in [0.1, 0.15) is 12.1 Å². The summed E-state index contributed by atoms with van der Waals surface area (Å²) >= 11 is 1.48. The Morgan fingerprint density at radius 2 is 2.38 bits per heavy atom. The molecule has 2 aromatic rings. The smallest absolute Gasteiger partial charge is 0.224 e. The van der Waals surface area contributed by atoms with E-state index in [0.717, 1.165) is 16.0 Å². The minimum atomic E-state index is -0.570. The van der Waals surface area contributed by atoms with Crippen molar-refractivity contribution in [2.24, 2.45) is 0 Å². The molecule has 0 aromatic carbocycles. The summed E-state index contributed by atoms with van der Waals surface area (Å²) in [5.41, 5.74) is 7.82. The Balaban J connectivity index is 1.87. The maximum atomic E-state index is 12.0. The summed E-state index contributed by atoms with van der Waals surface area (Å²) in [6, 6.07) is 0. The standard InChI is InChI=1S/C12H13FN6OS/c13-1-2-15-8(20)4-6-3-7-9-10(19-18-7)16-12(14)17-11(9)21-5-6/h3H,1-2,4-5H2,(H,15,20)(H3,14,16,17,18,19). The highest BCUT2D eigenvalue weighted by molar-refractivity contribution is 7.99. The first kappa shape index (κ1) is 13.8. The van der Waals surface area contributed by atoms with Gasteiger partial charge in [0.25, 0.3) is 0 Å². The molecule has 21 heavy (non-hydrogen) atoms. The number of H-pyrrole nitrogens is 1. The number of hydrogen-bond donors (Lipinski definition) is 3. The number of aromatic amines is 1. The van der Waals surface area contributed by atoms with Crippen molar-refractivity contribution in [1.82, 2.24) is 25.5 Å². The third kappa shape index (κ3) is 2.82. The second-order valence-corrected chi connectivity index (χ2v) is 5.49. The minimum absolute atomic E-state index is 0.0359. The predicted octanol–water partition coefficient (Wildman–Crippen LogP) is 0.900. The average molecular weight is 308 g/mol. The molecule has 2 aromatic heterocycles. The molecule has 1 aliphatic rings. The first-order chi connectivity index (χ1) is 10.2. The van der Waals surface area contributed by atoms with Crippen molar-refractivity contribution in [3.8, 4) is 0 Å². The largest absolute Gasteiger partial charge is 0.368 e. The van der Waals surface area contributed by atoms with Gasteiger partial charge in [-0.2, -0.15) is 10.1 Å². The molecule has 0 radical (unpaired) electrons. The van der Waals surface area contributed by atoms with Gasteiger partial charge in [-0.05, 0) is 11.6 Å². The third-order valence-corrected chi connectivity index (χ3v) is 4.05. The van der Waals surface area contributed by atoms with E-state index >= 15 is 0 Å². The van der Waals surface area contributed by atoms with Gasteiger partial charge in [0.15, 0.2) is 5.65 Å². The fourth-order valence-electron chi connectivity index (χ4n) is 2.10. The molecule has 0 atom stereocenters. The fraction of sp³-hybridized carbons (Fsp3) is 0.333. The first-order valence-electron chi connectivity index (χ1n) is 6.34. The Kier molecular flexibility index (Phi) is 3.74.